The van der Waals surface area contributed by atoms with Gasteiger partial charge >= 0.3 is 0 Å². The molecular formula is C23H32O. The SMILES string of the molecule is Cc1ccccc1C(O)CCc1ccc(C(C)(C)CC(C)C)cc1. The second kappa shape index (κ2) is 7.98. The Bertz CT molecular complexity index is 637. The lowest BCUT2D eigenvalue weighted by atomic mass is 9.77. The van der Waals surface area contributed by atoms with Crippen molar-refractivity contribution in [3.63, 3.8) is 0 Å². The van der Waals surface area contributed by atoms with Crippen LogP contribution in [0.15, 0.2) is 48.5 Å². The highest BCUT2D eigenvalue weighted by molar-refractivity contribution is 5.30. The van der Waals surface area contributed by atoms with E-state index in [4.69, 9.17) is 0 Å². The van der Waals surface area contributed by atoms with Crippen LogP contribution in [0.2, 0.25) is 0 Å². The van der Waals surface area contributed by atoms with Gasteiger partial charge in [-0.25, -0.2) is 0 Å². The quantitative estimate of drug-likeness (QED) is 0.663. The van der Waals surface area contributed by atoms with E-state index in [0.29, 0.717) is 5.92 Å². The molecule has 2 aromatic rings. The number of hydrogen-bond acceptors (Lipinski definition) is 1. The fourth-order valence-corrected chi connectivity index (χ4v) is 3.68. The van der Waals surface area contributed by atoms with E-state index < -0.39 is 0 Å². The molecular weight excluding hydrogens is 292 g/mol. The number of aliphatic hydroxyl groups excluding tert-OH is 1. The van der Waals surface area contributed by atoms with Crippen LogP contribution in [0.3, 0.4) is 0 Å². The Morgan fingerprint density at radius 3 is 2.17 bits per heavy atom. The Labute approximate surface area is 147 Å². The van der Waals surface area contributed by atoms with E-state index in [9.17, 15) is 5.11 Å². The van der Waals surface area contributed by atoms with Gasteiger partial charge in [0, 0.05) is 0 Å². The Morgan fingerprint density at radius 1 is 0.958 bits per heavy atom. The number of benzene rings is 2. The molecule has 130 valence electrons. The standard InChI is InChI=1S/C23H32O/c1-17(2)16-23(4,5)20-13-10-19(11-14-20)12-15-22(24)21-9-7-6-8-18(21)3/h6-11,13-14,17,22,24H,12,15-16H2,1-5H3. The third-order valence-electron chi connectivity index (χ3n) is 4.91. The molecule has 0 aliphatic carbocycles. The van der Waals surface area contributed by atoms with Crippen molar-refractivity contribution in [1.82, 2.24) is 0 Å². The van der Waals surface area contributed by atoms with Crippen LogP contribution in [0.25, 0.3) is 0 Å². The minimum atomic E-state index is -0.386. The molecule has 0 aliphatic rings. The molecule has 1 nitrogen and oxygen atoms in total. The first-order chi connectivity index (χ1) is 11.3. The van der Waals surface area contributed by atoms with E-state index in [1.165, 1.54) is 17.5 Å². The van der Waals surface area contributed by atoms with Crippen LogP contribution in [0.1, 0.15) is 68.9 Å². The van der Waals surface area contributed by atoms with Gasteiger partial charge in [0.2, 0.25) is 0 Å². The Morgan fingerprint density at radius 2 is 1.58 bits per heavy atom. The topological polar surface area (TPSA) is 20.2 Å². The van der Waals surface area contributed by atoms with Gasteiger partial charge in [-0.2, -0.15) is 0 Å². The van der Waals surface area contributed by atoms with Crippen LogP contribution in [-0.4, -0.2) is 5.11 Å². The first-order valence-corrected chi connectivity index (χ1v) is 9.12. The van der Waals surface area contributed by atoms with Gasteiger partial charge in [-0.15, -0.1) is 0 Å². The molecule has 0 radical (unpaired) electrons. The highest BCUT2D eigenvalue weighted by Crippen LogP contribution is 2.31. The molecule has 0 aliphatic heterocycles. The second-order valence-electron chi connectivity index (χ2n) is 8.09. The van der Waals surface area contributed by atoms with Crippen molar-refractivity contribution >= 4 is 0 Å². The van der Waals surface area contributed by atoms with Crippen molar-refractivity contribution in [3.8, 4) is 0 Å². The monoisotopic (exact) mass is 324 g/mol. The number of aliphatic hydroxyl groups is 1. The number of aryl methyl sites for hydroxylation is 2. The predicted molar refractivity (Wildman–Crippen MR) is 103 cm³/mol. The van der Waals surface area contributed by atoms with Gasteiger partial charge < -0.3 is 5.11 Å². The van der Waals surface area contributed by atoms with E-state index in [1.54, 1.807) is 0 Å². The van der Waals surface area contributed by atoms with Crippen molar-refractivity contribution in [2.45, 2.75) is 65.4 Å². The summed E-state index contributed by atoms with van der Waals surface area (Å²) in [5, 5.41) is 10.4. The van der Waals surface area contributed by atoms with Gasteiger partial charge in [-0.3, -0.25) is 0 Å². The zero-order valence-electron chi connectivity index (χ0n) is 15.8. The minimum Gasteiger partial charge on any atom is -0.388 e. The zero-order valence-corrected chi connectivity index (χ0v) is 15.8. The van der Waals surface area contributed by atoms with Gasteiger partial charge in [0.1, 0.15) is 0 Å². The summed E-state index contributed by atoms with van der Waals surface area (Å²) in [5.41, 5.74) is 5.13. The summed E-state index contributed by atoms with van der Waals surface area (Å²) in [5.74, 6) is 0.698. The molecule has 2 rings (SSSR count). The average molecular weight is 325 g/mol. The summed E-state index contributed by atoms with van der Waals surface area (Å²) < 4.78 is 0. The maximum Gasteiger partial charge on any atom is 0.0795 e. The van der Waals surface area contributed by atoms with E-state index in [2.05, 4.69) is 65.0 Å². The van der Waals surface area contributed by atoms with E-state index in [-0.39, 0.29) is 11.5 Å². The maximum atomic E-state index is 10.4. The van der Waals surface area contributed by atoms with Crippen LogP contribution in [0.4, 0.5) is 0 Å². The van der Waals surface area contributed by atoms with E-state index in [1.807, 2.05) is 18.2 Å². The van der Waals surface area contributed by atoms with Crippen molar-refractivity contribution in [3.05, 3.63) is 70.8 Å². The van der Waals surface area contributed by atoms with Crippen LogP contribution < -0.4 is 0 Å². The molecule has 24 heavy (non-hydrogen) atoms. The molecule has 0 bridgehead atoms. The van der Waals surface area contributed by atoms with Crippen LogP contribution >= 0.6 is 0 Å². The largest absolute Gasteiger partial charge is 0.388 e. The first kappa shape index (κ1) is 18.7. The smallest absolute Gasteiger partial charge is 0.0795 e. The van der Waals surface area contributed by atoms with Gasteiger partial charge in [0.25, 0.3) is 0 Å². The fraction of sp³-hybridized carbons (Fsp3) is 0.478. The Kier molecular flexibility index (Phi) is 6.23. The fourth-order valence-electron chi connectivity index (χ4n) is 3.68. The van der Waals surface area contributed by atoms with E-state index >= 15 is 0 Å². The maximum absolute atomic E-state index is 10.4. The summed E-state index contributed by atoms with van der Waals surface area (Å²) in [6.07, 6.45) is 2.47. The molecule has 0 fully saturated rings. The van der Waals surface area contributed by atoms with Crippen LogP contribution in [0, 0.1) is 12.8 Å². The van der Waals surface area contributed by atoms with Crippen LogP contribution in [-0.2, 0) is 11.8 Å². The van der Waals surface area contributed by atoms with Gasteiger partial charge in [-0.05, 0) is 59.8 Å². The van der Waals surface area contributed by atoms with Crippen molar-refractivity contribution < 1.29 is 5.11 Å². The predicted octanol–water partition coefficient (Wildman–Crippen LogP) is 5.98. The van der Waals surface area contributed by atoms with Gasteiger partial charge in [0.05, 0.1) is 6.10 Å². The molecule has 1 N–H and O–H groups in total. The third-order valence-corrected chi connectivity index (χ3v) is 4.91. The highest BCUT2D eigenvalue weighted by atomic mass is 16.3. The van der Waals surface area contributed by atoms with Gasteiger partial charge in [0.15, 0.2) is 0 Å². The number of hydrogen-bond donors (Lipinski definition) is 1. The molecule has 2 aromatic carbocycles. The molecule has 0 aromatic heterocycles. The minimum absolute atomic E-state index is 0.216. The normalized spacial score (nSPS) is 13.3. The lowest BCUT2D eigenvalue weighted by molar-refractivity contribution is 0.167. The molecule has 0 saturated carbocycles. The summed E-state index contributed by atoms with van der Waals surface area (Å²) in [4.78, 5) is 0. The average Bonchev–Trinajstić information content (AvgIpc) is 2.52. The summed E-state index contributed by atoms with van der Waals surface area (Å²) in [7, 11) is 0. The highest BCUT2D eigenvalue weighted by Gasteiger charge is 2.21. The summed E-state index contributed by atoms with van der Waals surface area (Å²) in [6, 6.07) is 17.1. The zero-order chi connectivity index (χ0) is 17.7. The molecule has 0 saturated heterocycles. The summed E-state index contributed by atoms with van der Waals surface area (Å²) in [6.45, 7) is 11.3. The van der Waals surface area contributed by atoms with Crippen LogP contribution in [0.5, 0.6) is 0 Å². The first-order valence-electron chi connectivity index (χ1n) is 9.12. The van der Waals surface area contributed by atoms with Crippen molar-refractivity contribution in [1.29, 1.82) is 0 Å². The lowest BCUT2D eigenvalue weighted by Gasteiger charge is -2.27. The second-order valence-corrected chi connectivity index (χ2v) is 8.09. The molecule has 1 unspecified atom stereocenters. The molecule has 0 heterocycles. The molecule has 1 atom stereocenters. The van der Waals surface area contributed by atoms with Crippen molar-refractivity contribution in [2.75, 3.05) is 0 Å². The van der Waals surface area contributed by atoms with E-state index in [0.717, 1.165) is 24.0 Å². The number of rotatable bonds is 7. The van der Waals surface area contributed by atoms with Gasteiger partial charge in [-0.1, -0.05) is 76.2 Å². The Balaban J connectivity index is 1.98. The van der Waals surface area contributed by atoms with Crippen molar-refractivity contribution in [2.24, 2.45) is 5.92 Å². The lowest BCUT2D eigenvalue weighted by Crippen LogP contribution is -2.19. The third kappa shape index (κ3) is 4.95. The molecule has 0 spiro atoms. The molecule has 1 heteroatoms. The molecule has 0 amide bonds. The Hall–Kier alpha value is -1.60. The summed E-state index contributed by atoms with van der Waals surface area (Å²) >= 11 is 0.